The highest BCUT2D eigenvalue weighted by molar-refractivity contribution is 5.79. The summed E-state index contributed by atoms with van der Waals surface area (Å²) in [5, 5.41) is 0. The van der Waals surface area contributed by atoms with Crippen LogP contribution in [0.3, 0.4) is 0 Å². The lowest BCUT2D eigenvalue weighted by Gasteiger charge is -2.16. The summed E-state index contributed by atoms with van der Waals surface area (Å²) in [6.07, 6.45) is 3.08. The largest absolute Gasteiger partial charge is 0.470 e. The molecule has 1 aromatic heterocycles. The van der Waals surface area contributed by atoms with Crippen LogP contribution in [-0.2, 0) is 11.3 Å². The van der Waals surface area contributed by atoms with Gasteiger partial charge < -0.3 is 10.5 Å². The summed E-state index contributed by atoms with van der Waals surface area (Å²) in [5.41, 5.74) is 6.59. The average Bonchev–Trinajstić information content (AvgIpc) is 2.33. The van der Waals surface area contributed by atoms with Crippen molar-refractivity contribution in [2.45, 2.75) is 40.2 Å². The fraction of sp³-hybridized carbons (Fsp3) is 0.571. The molecule has 2 N–H and O–H groups in total. The third-order valence-corrected chi connectivity index (χ3v) is 2.57. The van der Waals surface area contributed by atoms with E-state index in [1.807, 2.05) is 6.07 Å². The van der Waals surface area contributed by atoms with Crippen molar-refractivity contribution < 1.29 is 9.53 Å². The van der Waals surface area contributed by atoms with E-state index >= 15 is 0 Å². The number of ether oxygens (including phenoxy) is 1. The van der Waals surface area contributed by atoms with Gasteiger partial charge in [-0.25, -0.2) is 4.98 Å². The lowest BCUT2D eigenvalue weighted by molar-refractivity contribution is -0.121. The lowest BCUT2D eigenvalue weighted by atomic mass is 9.90. The minimum Gasteiger partial charge on any atom is -0.470 e. The summed E-state index contributed by atoms with van der Waals surface area (Å²) in [6.45, 7) is 6.90. The molecule has 0 bridgehead atoms. The van der Waals surface area contributed by atoms with Crippen molar-refractivity contribution in [2.75, 3.05) is 6.61 Å². The first-order valence-electron chi connectivity index (χ1n) is 6.20. The molecule has 1 rings (SSSR count). The van der Waals surface area contributed by atoms with Gasteiger partial charge in [0.2, 0.25) is 5.88 Å². The quantitative estimate of drug-likeness (QED) is 0.841. The predicted octanol–water partition coefficient (Wildman–Crippen LogP) is 2.31. The molecular weight excluding hydrogens is 228 g/mol. The first-order valence-corrected chi connectivity index (χ1v) is 6.20. The number of pyridine rings is 1. The fourth-order valence-corrected chi connectivity index (χ4v) is 1.36. The first kappa shape index (κ1) is 14.6. The number of rotatable bonds is 6. The van der Waals surface area contributed by atoms with Gasteiger partial charge in [-0.05, 0) is 17.4 Å². The normalized spacial score (nSPS) is 11.3. The number of hydrogen-bond acceptors (Lipinski definition) is 4. The van der Waals surface area contributed by atoms with Gasteiger partial charge in [0.05, 0.1) is 0 Å². The highest BCUT2D eigenvalue weighted by Crippen LogP contribution is 2.20. The summed E-state index contributed by atoms with van der Waals surface area (Å²) < 4.78 is 5.33. The van der Waals surface area contributed by atoms with Crippen LogP contribution >= 0.6 is 0 Å². The zero-order valence-electron chi connectivity index (χ0n) is 11.4. The molecule has 0 fully saturated rings. The van der Waals surface area contributed by atoms with E-state index in [9.17, 15) is 4.79 Å². The summed E-state index contributed by atoms with van der Waals surface area (Å²) in [5.74, 6) is 0.575. The summed E-state index contributed by atoms with van der Waals surface area (Å²) >= 11 is 0. The van der Waals surface area contributed by atoms with Crippen molar-refractivity contribution in [3.8, 4) is 5.88 Å². The lowest BCUT2D eigenvalue weighted by Crippen LogP contribution is -2.15. The Labute approximate surface area is 109 Å². The van der Waals surface area contributed by atoms with E-state index in [0.29, 0.717) is 18.8 Å². The number of hydrogen-bond donors (Lipinski definition) is 1. The summed E-state index contributed by atoms with van der Waals surface area (Å²) in [6, 6.07) is 3.58. The van der Waals surface area contributed by atoms with Crippen LogP contribution in [0.15, 0.2) is 18.3 Å². The zero-order chi connectivity index (χ0) is 13.6. The molecule has 0 aliphatic carbocycles. The molecule has 0 aromatic carbocycles. The molecule has 0 amide bonds. The van der Waals surface area contributed by atoms with E-state index < -0.39 is 0 Å². The maximum atomic E-state index is 11.6. The molecule has 4 nitrogen and oxygen atoms in total. The van der Waals surface area contributed by atoms with Gasteiger partial charge in [-0.3, -0.25) is 4.79 Å². The smallest absolute Gasteiger partial charge is 0.213 e. The second-order valence-corrected chi connectivity index (χ2v) is 5.60. The Morgan fingerprint density at radius 1 is 1.39 bits per heavy atom. The second-order valence-electron chi connectivity index (χ2n) is 5.60. The maximum absolute atomic E-state index is 11.6. The maximum Gasteiger partial charge on any atom is 0.213 e. The Hall–Kier alpha value is -1.42. The number of aromatic nitrogens is 1. The van der Waals surface area contributed by atoms with Crippen molar-refractivity contribution in [1.82, 2.24) is 4.98 Å². The third kappa shape index (κ3) is 5.77. The molecule has 18 heavy (non-hydrogen) atoms. The van der Waals surface area contributed by atoms with E-state index in [1.54, 1.807) is 12.3 Å². The van der Waals surface area contributed by atoms with Crippen molar-refractivity contribution in [1.29, 1.82) is 0 Å². The minimum absolute atomic E-state index is 0.0883. The monoisotopic (exact) mass is 250 g/mol. The number of ketones is 1. The van der Waals surface area contributed by atoms with Crippen LogP contribution in [0.2, 0.25) is 0 Å². The average molecular weight is 250 g/mol. The van der Waals surface area contributed by atoms with E-state index in [-0.39, 0.29) is 17.8 Å². The predicted molar refractivity (Wildman–Crippen MR) is 71.3 cm³/mol. The highest BCUT2D eigenvalue weighted by atomic mass is 16.5. The Kier molecular flexibility index (Phi) is 5.28. The molecule has 0 aliphatic rings. The number of carbonyl (C=O) groups is 1. The molecule has 0 aliphatic heterocycles. The van der Waals surface area contributed by atoms with Gasteiger partial charge >= 0.3 is 0 Å². The number of nitrogens with two attached hydrogens (primary N) is 1. The van der Waals surface area contributed by atoms with Crippen molar-refractivity contribution in [2.24, 2.45) is 11.1 Å². The molecular formula is C14H22N2O2. The van der Waals surface area contributed by atoms with Crippen LogP contribution in [0, 0.1) is 5.41 Å². The molecule has 1 heterocycles. The molecule has 100 valence electrons. The summed E-state index contributed by atoms with van der Waals surface area (Å²) in [7, 11) is 0. The molecule has 4 heteroatoms. The van der Waals surface area contributed by atoms with E-state index in [0.717, 1.165) is 12.0 Å². The van der Waals surface area contributed by atoms with Crippen LogP contribution in [0.5, 0.6) is 5.88 Å². The van der Waals surface area contributed by atoms with Gasteiger partial charge in [-0.15, -0.1) is 0 Å². The zero-order valence-corrected chi connectivity index (χ0v) is 11.4. The van der Waals surface area contributed by atoms with Crippen molar-refractivity contribution >= 4 is 5.78 Å². The molecule has 0 unspecified atom stereocenters. The minimum atomic E-state index is 0.0883. The van der Waals surface area contributed by atoms with Crippen molar-refractivity contribution in [3.63, 3.8) is 0 Å². The van der Waals surface area contributed by atoms with Crippen LogP contribution < -0.4 is 10.5 Å². The highest BCUT2D eigenvalue weighted by Gasteiger charge is 2.13. The van der Waals surface area contributed by atoms with Gasteiger partial charge in [-0.1, -0.05) is 26.8 Å². The Bertz CT molecular complexity index is 380. The fourth-order valence-electron chi connectivity index (χ4n) is 1.36. The van der Waals surface area contributed by atoms with Gasteiger partial charge in [0.15, 0.2) is 5.78 Å². The number of carbonyl (C=O) groups excluding carboxylic acids is 1. The van der Waals surface area contributed by atoms with Gasteiger partial charge in [0.1, 0.15) is 6.61 Å². The Morgan fingerprint density at radius 2 is 2.11 bits per heavy atom. The Morgan fingerprint density at radius 3 is 2.61 bits per heavy atom. The molecule has 1 aromatic rings. The van der Waals surface area contributed by atoms with Crippen LogP contribution in [0.4, 0.5) is 0 Å². The standard InChI is InChI=1S/C14H22N2O2/c1-14(2,3)7-6-12(17)10-18-13-5-4-11(8-15)9-16-13/h4-5,9H,6-8,10,15H2,1-3H3. The first-order chi connectivity index (χ1) is 8.40. The van der Waals surface area contributed by atoms with Gasteiger partial charge in [0.25, 0.3) is 0 Å². The van der Waals surface area contributed by atoms with Crippen LogP contribution in [0.1, 0.15) is 39.2 Å². The van der Waals surface area contributed by atoms with Gasteiger partial charge in [-0.2, -0.15) is 0 Å². The second kappa shape index (κ2) is 6.50. The van der Waals surface area contributed by atoms with E-state index in [1.165, 1.54) is 0 Å². The van der Waals surface area contributed by atoms with E-state index in [2.05, 4.69) is 25.8 Å². The van der Waals surface area contributed by atoms with Crippen LogP contribution in [0.25, 0.3) is 0 Å². The van der Waals surface area contributed by atoms with Gasteiger partial charge in [0, 0.05) is 25.2 Å². The molecule has 0 spiro atoms. The summed E-state index contributed by atoms with van der Waals surface area (Å²) in [4.78, 5) is 15.7. The number of nitrogens with zero attached hydrogens (tertiary/aromatic N) is 1. The van der Waals surface area contributed by atoms with Crippen LogP contribution in [-0.4, -0.2) is 17.4 Å². The SMILES string of the molecule is CC(C)(C)CCC(=O)COc1ccc(CN)cn1. The Balaban J connectivity index is 2.33. The molecule has 0 radical (unpaired) electrons. The topological polar surface area (TPSA) is 65.2 Å². The molecule has 0 atom stereocenters. The number of Topliss-reactive ketones (excluding diaryl/α,β-unsaturated/α-hetero) is 1. The van der Waals surface area contributed by atoms with Crippen molar-refractivity contribution in [3.05, 3.63) is 23.9 Å². The molecule has 0 saturated heterocycles. The van der Waals surface area contributed by atoms with E-state index in [4.69, 9.17) is 10.5 Å². The third-order valence-electron chi connectivity index (χ3n) is 2.57. The molecule has 0 saturated carbocycles.